The maximum absolute atomic E-state index is 12.7. The predicted molar refractivity (Wildman–Crippen MR) is 109 cm³/mol. The number of aliphatic hydroxyl groups excluding tert-OH is 1. The molecular formula is C21H28N2O6. The van der Waals surface area contributed by atoms with Gasteiger partial charge in [-0.3, -0.25) is 9.59 Å². The van der Waals surface area contributed by atoms with E-state index in [0.717, 1.165) is 12.8 Å². The highest BCUT2D eigenvalue weighted by molar-refractivity contribution is 5.91. The number of ether oxygens (including phenoxy) is 1. The third-order valence-electron chi connectivity index (χ3n) is 4.50. The number of hydrogen-bond donors (Lipinski definition) is 2. The Labute approximate surface area is 169 Å². The van der Waals surface area contributed by atoms with E-state index in [9.17, 15) is 19.5 Å². The molecule has 0 radical (unpaired) electrons. The average Bonchev–Trinajstić information content (AvgIpc) is 2.70. The quantitative estimate of drug-likeness (QED) is 0.581. The maximum atomic E-state index is 12.7. The van der Waals surface area contributed by atoms with Crippen molar-refractivity contribution < 1.29 is 23.8 Å². The maximum Gasteiger partial charge on any atom is 0.336 e. The van der Waals surface area contributed by atoms with Crippen molar-refractivity contribution in [2.24, 2.45) is 0 Å². The summed E-state index contributed by atoms with van der Waals surface area (Å²) in [5.41, 5.74) is 0.200. The Bertz CT molecular complexity index is 902. The van der Waals surface area contributed by atoms with Crippen molar-refractivity contribution in [2.45, 2.75) is 39.2 Å². The fourth-order valence-electron chi connectivity index (χ4n) is 3.18. The summed E-state index contributed by atoms with van der Waals surface area (Å²) < 4.78 is 10.3. The summed E-state index contributed by atoms with van der Waals surface area (Å²) in [4.78, 5) is 38.7. The van der Waals surface area contributed by atoms with Crippen molar-refractivity contribution in [3.63, 3.8) is 0 Å². The molecule has 0 saturated heterocycles. The molecule has 0 bridgehead atoms. The lowest BCUT2D eigenvalue weighted by atomic mass is 10.1. The van der Waals surface area contributed by atoms with Gasteiger partial charge in [-0.05, 0) is 30.5 Å². The number of carbonyl (C=O) groups excluding carboxylic acids is 2. The lowest BCUT2D eigenvalue weighted by Crippen LogP contribution is -2.51. The number of hydrogen-bond acceptors (Lipinski definition) is 6. The molecule has 0 spiro atoms. The highest BCUT2D eigenvalue weighted by Gasteiger charge is 2.25. The standard InChI is InChI=1S/C21H28N2O6/c1-4-8-23(9-5-2)21(27)17(13-24)22-19(25)10-14-11-20(26)29-18-12-15(28-3)6-7-16(14)18/h6-7,11-12,17,24H,4-5,8-10,13H2,1-3H3,(H,22,25). The number of rotatable bonds is 10. The summed E-state index contributed by atoms with van der Waals surface area (Å²) in [6, 6.07) is 5.22. The average molecular weight is 404 g/mol. The summed E-state index contributed by atoms with van der Waals surface area (Å²) in [6.45, 7) is 4.55. The van der Waals surface area contributed by atoms with E-state index in [-0.39, 0.29) is 12.3 Å². The number of amides is 2. The number of fused-ring (bicyclic) bond motifs is 1. The second-order valence-electron chi connectivity index (χ2n) is 6.76. The Morgan fingerprint density at radius 1 is 1.21 bits per heavy atom. The first-order valence-electron chi connectivity index (χ1n) is 9.73. The highest BCUT2D eigenvalue weighted by atomic mass is 16.5. The molecule has 0 aliphatic heterocycles. The monoisotopic (exact) mass is 404 g/mol. The van der Waals surface area contributed by atoms with E-state index in [4.69, 9.17) is 9.15 Å². The van der Waals surface area contributed by atoms with Crippen molar-refractivity contribution in [2.75, 3.05) is 26.8 Å². The normalized spacial score (nSPS) is 11.9. The first-order chi connectivity index (χ1) is 13.9. The molecule has 1 heterocycles. The Hall–Kier alpha value is -2.87. The summed E-state index contributed by atoms with van der Waals surface area (Å²) in [5.74, 6) is -0.250. The van der Waals surface area contributed by atoms with E-state index < -0.39 is 24.2 Å². The molecule has 8 nitrogen and oxygen atoms in total. The minimum absolute atomic E-state index is 0.125. The van der Waals surface area contributed by atoms with Crippen LogP contribution in [0.2, 0.25) is 0 Å². The molecule has 2 amide bonds. The smallest absolute Gasteiger partial charge is 0.336 e. The fraction of sp³-hybridized carbons (Fsp3) is 0.476. The van der Waals surface area contributed by atoms with Crippen molar-refractivity contribution in [1.82, 2.24) is 10.2 Å². The lowest BCUT2D eigenvalue weighted by Gasteiger charge is -2.26. The molecule has 2 rings (SSSR count). The molecule has 1 aromatic carbocycles. The van der Waals surface area contributed by atoms with Gasteiger partial charge in [0.15, 0.2) is 0 Å². The van der Waals surface area contributed by atoms with Crippen LogP contribution in [0.25, 0.3) is 11.0 Å². The van der Waals surface area contributed by atoms with Crippen LogP contribution in [0.4, 0.5) is 0 Å². The van der Waals surface area contributed by atoms with Gasteiger partial charge in [-0.1, -0.05) is 13.8 Å². The Morgan fingerprint density at radius 3 is 2.48 bits per heavy atom. The van der Waals surface area contributed by atoms with Crippen molar-refractivity contribution in [1.29, 1.82) is 0 Å². The second-order valence-corrected chi connectivity index (χ2v) is 6.76. The Morgan fingerprint density at radius 2 is 1.90 bits per heavy atom. The largest absolute Gasteiger partial charge is 0.497 e. The van der Waals surface area contributed by atoms with E-state index >= 15 is 0 Å². The van der Waals surface area contributed by atoms with E-state index in [1.54, 1.807) is 23.1 Å². The van der Waals surface area contributed by atoms with Crippen LogP contribution in [-0.4, -0.2) is 54.7 Å². The first kappa shape index (κ1) is 22.4. The lowest BCUT2D eigenvalue weighted by molar-refractivity contribution is -0.137. The molecule has 0 aliphatic carbocycles. The summed E-state index contributed by atoms with van der Waals surface area (Å²) in [6.07, 6.45) is 1.44. The third kappa shape index (κ3) is 5.80. The van der Waals surface area contributed by atoms with E-state index in [2.05, 4.69) is 5.32 Å². The molecule has 0 saturated carbocycles. The van der Waals surface area contributed by atoms with Gasteiger partial charge in [0.2, 0.25) is 11.8 Å². The van der Waals surface area contributed by atoms with Crippen LogP contribution in [0.3, 0.4) is 0 Å². The van der Waals surface area contributed by atoms with Crippen LogP contribution in [0, 0.1) is 0 Å². The van der Waals surface area contributed by atoms with Gasteiger partial charge in [-0.25, -0.2) is 4.79 Å². The summed E-state index contributed by atoms with van der Waals surface area (Å²) >= 11 is 0. The summed E-state index contributed by atoms with van der Waals surface area (Å²) in [5, 5.41) is 12.8. The van der Waals surface area contributed by atoms with Gasteiger partial charge in [0.25, 0.3) is 0 Å². The SMILES string of the molecule is CCCN(CCC)C(=O)C(CO)NC(=O)Cc1cc(=O)oc2cc(OC)ccc12. The zero-order chi connectivity index (χ0) is 21.4. The number of methoxy groups -OCH3 is 1. The number of nitrogens with one attached hydrogen (secondary N) is 1. The van der Waals surface area contributed by atoms with Gasteiger partial charge >= 0.3 is 5.63 Å². The first-order valence-corrected chi connectivity index (χ1v) is 9.73. The minimum Gasteiger partial charge on any atom is -0.497 e. The molecule has 8 heteroatoms. The minimum atomic E-state index is -1.02. The predicted octanol–water partition coefficient (Wildman–Crippen LogP) is 1.47. The number of carbonyl (C=O) groups is 2. The molecule has 29 heavy (non-hydrogen) atoms. The number of aliphatic hydroxyl groups is 1. The number of benzene rings is 1. The molecule has 1 atom stereocenters. The van der Waals surface area contributed by atoms with Gasteiger partial charge in [-0.2, -0.15) is 0 Å². The third-order valence-corrected chi connectivity index (χ3v) is 4.50. The molecular weight excluding hydrogens is 376 g/mol. The van der Waals surface area contributed by atoms with Crippen molar-refractivity contribution >= 4 is 22.8 Å². The zero-order valence-electron chi connectivity index (χ0n) is 17.1. The number of nitrogens with zero attached hydrogens (tertiary/aromatic N) is 1. The van der Waals surface area contributed by atoms with Gasteiger partial charge in [-0.15, -0.1) is 0 Å². The molecule has 1 unspecified atom stereocenters. The van der Waals surface area contributed by atoms with Crippen LogP contribution >= 0.6 is 0 Å². The van der Waals surface area contributed by atoms with Gasteiger partial charge < -0.3 is 24.5 Å². The second kappa shape index (κ2) is 10.6. The molecule has 0 fully saturated rings. The van der Waals surface area contributed by atoms with E-state index in [0.29, 0.717) is 35.4 Å². The molecule has 158 valence electrons. The summed E-state index contributed by atoms with van der Waals surface area (Å²) in [7, 11) is 1.50. The van der Waals surface area contributed by atoms with Gasteiger partial charge in [0.1, 0.15) is 17.4 Å². The highest BCUT2D eigenvalue weighted by Crippen LogP contribution is 2.22. The zero-order valence-corrected chi connectivity index (χ0v) is 17.1. The van der Waals surface area contributed by atoms with E-state index in [1.165, 1.54) is 13.2 Å². The van der Waals surface area contributed by atoms with Crippen LogP contribution in [0.15, 0.2) is 33.5 Å². The van der Waals surface area contributed by atoms with Gasteiger partial charge in [0.05, 0.1) is 20.1 Å². The van der Waals surface area contributed by atoms with Crippen LogP contribution in [0.5, 0.6) is 5.75 Å². The molecule has 1 aromatic heterocycles. The van der Waals surface area contributed by atoms with Gasteiger partial charge in [0, 0.05) is 30.6 Å². The van der Waals surface area contributed by atoms with Crippen LogP contribution in [-0.2, 0) is 16.0 Å². The van der Waals surface area contributed by atoms with Crippen molar-refractivity contribution in [3.05, 3.63) is 40.2 Å². The Balaban J connectivity index is 2.18. The fourth-order valence-corrected chi connectivity index (χ4v) is 3.18. The molecule has 2 N–H and O–H groups in total. The topological polar surface area (TPSA) is 109 Å². The van der Waals surface area contributed by atoms with E-state index in [1.807, 2.05) is 13.8 Å². The molecule has 0 aliphatic rings. The van der Waals surface area contributed by atoms with Crippen LogP contribution < -0.4 is 15.7 Å². The van der Waals surface area contributed by atoms with Crippen LogP contribution in [0.1, 0.15) is 32.3 Å². The van der Waals surface area contributed by atoms with Crippen molar-refractivity contribution in [3.8, 4) is 5.75 Å². The molecule has 2 aromatic rings. The Kier molecular flexibility index (Phi) is 8.21.